The lowest BCUT2D eigenvalue weighted by Gasteiger charge is -2.17. The second-order valence-electron chi connectivity index (χ2n) is 6.15. The van der Waals surface area contributed by atoms with E-state index in [1.807, 2.05) is 0 Å². The van der Waals surface area contributed by atoms with E-state index in [1.54, 1.807) is 32.2 Å². The summed E-state index contributed by atoms with van der Waals surface area (Å²) in [5.74, 6) is 0.681. The third-order valence-corrected chi connectivity index (χ3v) is 4.06. The molecule has 0 atom stereocenters. The number of nitrogens with zero attached hydrogens (tertiary/aromatic N) is 1. The third kappa shape index (κ3) is 11.4. The van der Waals surface area contributed by atoms with Crippen molar-refractivity contribution in [2.24, 2.45) is 4.99 Å². The van der Waals surface area contributed by atoms with E-state index in [4.69, 9.17) is 4.74 Å². The molecule has 30 heavy (non-hydrogen) atoms. The Bertz CT molecular complexity index is 648. The first-order chi connectivity index (χ1) is 14.0. The molecule has 0 saturated heterocycles. The van der Waals surface area contributed by atoms with Crippen molar-refractivity contribution in [3.8, 4) is 11.5 Å². The summed E-state index contributed by atoms with van der Waals surface area (Å²) < 4.78 is 40.2. The van der Waals surface area contributed by atoms with Crippen LogP contribution < -0.4 is 20.1 Å². The lowest BCUT2D eigenvalue weighted by molar-refractivity contribution is -0.140. The fraction of sp³-hybridized carbons (Fsp3) is 0.600. The van der Waals surface area contributed by atoms with Gasteiger partial charge in [-0.25, -0.2) is 0 Å². The summed E-state index contributed by atoms with van der Waals surface area (Å²) in [5.41, 5.74) is 0.544. The highest BCUT2D eigenvalue weighted by Crippen LogP contribution is 2.32. The molecule has 0 aliphatic carbocycles. The number of hydrogen-bond acceptors (Lipinski definition) is 5. The molecule has 0 aliphatic rings. The molecule has 0 aliphatic heterocycles. The van der Waals surface area contributed by atoms with Gasteiger partial charge in [0.15, 0.2) is 17.5 Å². The number of esters is 1. The van der Waals surface area contributed by atoms with E-state index in [0.717, 1.165) is 25.7 Å². The minimum absolute atomic E-state index is 0. The molecule has 0 bridgehead atoms. The van der Waals surface area contributed by atoms with Crippen molar-refractivity contribution in [3.63, 3.8) is 0 Å². The standard InChI is InChI=1S/C20H31F2N3O4.HI/c1-4-28-16-11-9-10-15(18(16)29-19(21)22)14-25-20(23-2)24-13-8-6-5-7-12-17(26)27-3;/h9-11,19H,4-8,12-14H2,1-3H3,(H2,23,24,25);1H. The van der Waals surface area contributed by atoms with Crippen molar-refractivity contribution < 1.29 is 27.8 Å². The van der Waals surface area contributed by atoms with Crippen LogP contribution in [-0.4, -0.2) is 45.8 Å². The highest BCUT2D eigenvalue weighted by Gasteiger charge is 2.16. The number of alkyl halides is 2. The normalized spacial score (nSPS) is 10.9. The van der Waals surface area contributed by atoms with Crippen LogP contribution in [0.25, 0.3) is 0 Å². The number of aliphatic imine (C=N–C) groups is 1. The molecule has 0 fully saturated rings. The molecule has 0 saturated carbocycles. The number of methoxy groups -OCH3 is 1. The molecule has 1 rings (SSSR count). The molecule has 172 valence electrons. The van der Waals surface area contributed by atoms with Gasteiger partial charge in [0.05, 0.1) is 13.7 Å². The van der Waals surface area contributed by atoms with Crippen molar-refractivity contribution in [2.45, 2.75) is 52.2 Å². The topological polar surface area (TPSA) is 81.2 Å². The predicted octanol–water partition coefficient (Wildman–Crippen LogP) is 4.09. The maximum absolute atomic E-state index is 12.8. The Morgan fingerprint density at radius 1 is 1.17 bits per heavy atom. The van der Waals surface area contributed by atoms with E-state index in [1.165, 1.54) is 7.11 Å². The number of para-hydroxylation sites is 1. The molecule has 7 nitrogen and oxygen atoms in total. The maximum atomic E-state index is 12.8. The smallest absolute Gasteiger partial charge is 0.387 e. The van der Waals surface area contributed by atoms with Crippen LogP contribution in [0.2, 0.25) is 0 Å². The van der Waals surface area contributed by atoms with Gasteiger partial charge in [0.2, 0.25) is 0 Å². The number of hydrogen-bond donors (Lipinski definition) is 2. The van der Waals surface area contributed by atoms with Gasteiger partial charge in [0.1, 0.15) is 0 Å². The van der Waals surface area contributed by atoms with Crippen LogP contribution in [0.1, 0.15) is 44.6 Å². The first-order valence-electron chi connectivity index (χ1n) is 9.72. The summed E-state index contributed by atoms with van der Waals surface area (Å²) in [4.78, 5) is 15.2. The molecule has 0 spiro atoms. The number of rotatable bonds is 13. The molecule has 10 heteroatoms. The number of carbonyl (C=O) groups is 1. The molecular weight excluding hydrogens is 511 g/mol. The van der Waals surface area contributed by atoms with E-state index in [9.17, 15) is 13.6 Å². The van der Waals surface area contributed by atoms with Gasteiger partial charge >= 0.3 is 12.6 Å². The van der Waals surface area contributed by atoms with Crippen LogP contribution in [0, 0.1) is 0 Å². The SMILES string of the molecule is CCOc1cccc(CNC(=NC)NCCCCCCC(=O)OC)c1OC(F)F.I. The Balaban J connectivity index is 0.00000841. The van der Waals surface area contributed by atoms with Gasteiger partial charge < -0.3 is 24.8 Å². The molecule has 0 aromatic heterocycles. The molecule has 0 radical (unpaired) electrons. The quantitative estimate of drug-likeness (QED) is 0.128. The Hall–Kier alpha value is -1.85. The van der Waals surface area contributed by atoms with Crippen LogP contribution in [0.5, 0.6) is 11.5 Å². The molecule has 1 aromatic rings. The van der Waals surface area contributed by atoms with Gasteiger partial charge in [-0.05, 0) is 25.8 Å². The number of benzene rings is 1. The largest absolute Gasteiger partial charge is 0.490 e. The van der Waals surface area contributed by atoms with E-state index in [-0.39, 0.29) is 48.0 Å². The Kier molecular flexibility index (Phi) is 15.9. The number of nitrogens with one attached hydrogen (secondary N) is 2. The minimum Gasteiger partial charge on any atom is -0.490 e. The van der Waals surface area contributed by atoms with E-state index >= 15 is 0 Å². The van der Waals surface area contributed by atoms with Gasteiger partial charge in [-0.15, -0.1) is 24.0 Å². The highest BCUT2D eigenvalue weighted by molar-refractivity contribution is 14.0. The van der Waals surface area contributed by atoms with Crippen molar-refractivity contribution >= 4 is 35.9 Å². The Morgan fingerprint density at radius 2 is 1.90 bits per heavy atom. The zero-order valence-corrected chi connectivity index (χ0v) is 20.0. The minimum atomic E-state index is -2.94. The number of carbonyl (C=O) groups excluding carboxylic acids is 1. The molecule has 0 heterocycles. The predicted molar refractivity (Wildman–Crippen MR) is 123 cm³/mol. The van der Waals surface area contributed by atoms with Gasteiger partial charge in [-0.3, -0.25) is 9.79 Å². The Morgan fingerprint density at radius 3 is 2.53 bits per heavy atom. The number of halogens is 3. The maximum Gasteiger partial charge on any atom is 0.387 e. The lowest BCUT2D eigenvalue weighted by Crippen LogP contribution is -2.37. The van der Waals surface area contributed by atoms with Crippen LogP contribution in [-0.2, 0) is 16.1 Å². The third-order valence-electron chi connectivity index (χ3n) is 4.06. The van der Waals surface area contributed by atoms with E-state index in [0.29, 0.717) is 31.1 Å². The van der Waals surface area contributed by atoms with E-state index in [2.05, 4.69) is 25.1 Å². The summed E-state index contributed by atoms with van der Waals surface area (Å²) in [6.45, 7) is 0.142. The van der Waals surface area contributed by atoms with Gasteiger partial charge in [-0.1, -0.05) is 25.0 Å². The van der Waals surface area contributed by atoms with Gasteiger partial charge in [0, 0.05) is 32.1 Å². The fourth-order valence-electron chi connectivity index (χ4n) is 2.65. The molecule has 0 unspecified atom stereocenters. The monoisotopic (exact) mass is 543 g/mol. The fourth-order valence-corrected chi connectivity index (χ4v) is 2.65. The van der Waals surface area contributed by atoms with Crippen molar-refractivity contribution in [1.29, 1.82) is 0 Å². The zero-order valence-electron chi connectivity index (χ0n) is 17.7. The average Bonchev–Trinajstić information content (AvgIpc) is 2.70. The number of guanidine groups is 1. The summed E-state index contributed by atoms with van der Waals surface area (Å²) in [6.07, 6.45) is 4.09. The average molecular weight is 543 g/mol. The van der Waals surface area contributed by atoms with Crippen molar-refractivity contribution in [3.05, 3.63) is 23.8 Å². The van der Waals surface area contributed by atoms with Crippen LogP contribution in [0.15, 0.2) is 23.2 Å². The van der Waals surface area contributed by atoms with Crippen LogP contribution in [0.3, 0.4) is 0 Å². The van der Waals surface area contributed by atoms with Gasteiger partial charge in [0.25, 0.3) is 0 Å². The Labute approximate surface area is 194 Å². The molecule has 0 amide bonds. The summed E-state index contributed by atoms with van der Waals surface area (Å²) in [7, 11) is 3.03. The molecule has 1 aromatic carbocycles. The van der Waals surface area contributed by atoms with Crippen LogP contribution in [0.4, 0.5) is 8.78 Å². The molecule has 2 N–H and O–H groups in total. The van der Waals surface area contributed by atoms with Gasteiger partial charge in [-0.2, -0.15) is 8.78 Å². The molecular formula is C20H32F2IN3O4. The second kappa shape index (κ2) is 16.9. The number of ether oxygens (including phenoxy) is 3. The zero-order chi connectivity index (χ0) is 21.5. The first-order valence-corrected chi connectivity index (χ1v) is 9.72. The summed E-state index contributed by atoms with van der Waals surface area (Å²) in [5, 5.41) is 6.27. The van der Waals surface area contributed by atoms with Crippen molar-refractivity contribution in [1.82, 2.24) is 10.6 Å². The summed E-state index contributed by atoms with van der Waals surface area (Å²) in [6, 6.07) is 5.02. The van der Waals surface area contributed by atoms with Crippen molar-refractivity contribution in [2.75, 3.05) is 27.3 Å². The first kappa shape index (κ1) is 28.1. The second-order valence-corrected chi connectivity index (χ2v) is 6.15. The summed E-state index contributed by atoms with van der Waals surface area (Å²) >= 11 is 0. The highest BCUT2D eigenvalue weighted by atomic mass is 127. The lowest BCUT2D eigenvalue weighted by atomic mass is 10.1. The van der Waals surface area contributed by atoms with E-state index < -0.39 is 6.61 Å². The number of unbranched alkanes of at least 4 members (excludes halogenated alkanes) is 3. The van der Waals surface area contributed by atoms with Crippen LogP contribution >= 0.6 is 24.0 Å².